The smallest absolute Gasteiger partial charge is 0.184 e. The van der Waals surface area contributed by atoms with Crippen LogP contribution in [0.15, 0.2) is 0 Å². The Hall–Kier alpha value is -0.240. The van der Waals surface area contributed by atoms with Crippen molar-refractivity contribution in [1.29, 1.82) is 0 Å². The molecule has 0 spiro atoms. The Labute approximate surface area is 94.1 Å². The molecule has 0 aliphatic carbocycles. The Bertz CT molecular complexity index is 211. The highest BCUT2D eigenvalue weighted by Gasteiger charge is 2.45. The van der Waals surface area contributed by atoms with Gasteiger partial charge in [-0.05, 0) is 6.42 Å². The van der Waals surface area contributed by atoms with Crippen molar-refractivity contribution < 1.29 is 30.3 Å². The van der Waals surface area contributed by atoms with E-state index in [1.54, 1.807) is 0 Å². The maximum absolute atomic E-state index is 9.71. The highest BCUT2D eigenvalue weighted by molar-refractivity contribution is 4.91. The SMILES string of the molecule is CCCC[C@H](O)[C@H]1O[C@H](O)[C@H](O)[C@@H](O)[C@@H]1O. The third-order valence-corrected chi connectivity index (χ3v) is 2.86. The third-order valence-electron chi connectivity index (χ3n) is 2.86. The summed E-state index contributed by atoms with van der Waals surface area (Å²) in [5.74, 6) is 0. The first-order valence-electron chi connectivity index (χ1n) is 5.54. The first kappa shape index (κ1) is 13.8. The van der Waals surface area contributed by atoms with E-state index in [-0.39, 0.29) is 0 Å². The van der Waals surface area contributed by atoms with Gasteiger partial charge in [0.05, 0.1) is 6.10 Å². The minimum atomic E-state index is -1.58. The fraction of sp³-hybridized carbons (Fsp3) is 1.00. The summed E-state index contributed by atoms with van der Waals surface area (Å²) in [6.45, 7) is 1.96. The zero-order chi connectivity index (χ0) is 12.3. The first-order chi connectivity index (χ1) is 7.49. The third kappa shape index (κ3) is 2.91. The minimum Gasteiger partial charge on any atom is -0.390 e. The molecule has 1 heterocycles. The summed E-state index contributed by atoms with van der Waals surface area (Å²) in [7, 11) is 0. The molecule has 1 fully saturated rings. The van der Waals surface area contributed by atoms with Gasteiger partial charge in [-0.1, -0.05) is 19.8 Å². The van der Waals surface area contributed by atoms with Crippen LogP contribution in [0.4, 0.5) is 0 Å². The standard InChI is InChI=1S/C10H20O6/c1-2-3-4-5(11)9-7(13)6(12)8(14)10(15)16-9/h5-15H,2-4H2,1H3/t5-,6-,7-,8+,9+,10-/m0/s1. The van der Waals surface area contributed by atoms with E-state index in [0.29, 0.717) is 6.42 Å². The summed E-state index contributed by atoms with van der Waals surface area (Å²) >= 11 is 0. The molecular weight excluding hydrogens is 216 g/mol. The monoisotopic (exact) mass is 236 g/mol. The Morgan fingerprint density at radius 3 is 2.25 bits per heavy atom. The van der Waals surface area contributed by atoms with E-state index in [1.807, 2.05) is 6.92 Å². The highest BCUT2D eigenvalue weighted by atomic mass is 16.6. The number of rotatable bonds is 4. The predicted molar refractivity (Wildman–Crippen MR) is 54.4 cm³/mol. The number of hydrogen-bond donors (Lipinski definition) is 5. The molecule has 0 unspecified atom stereocenters. The van der Waals surface area contributed by atoms with Crippen molar-refractivity contribution >= 4 is 0 Å². The summed E-state index contributed by atoms with van der Waals surface area (Å²) in [5.41, 5.74) is 0. The highest BCUT2D eigenvalue weighted by Crippen LogP contribution is 2.23. The van der Waals surface area contributed by atoms with Crippen molar-refractivity contribution in [3.05, 3.63) is 0 Å². The van der Waals surface area contributed by atoms with Gasteiger partial charge in [0.15, 0.2) is 6.29 Å². The van der Waals surface area contributed by atoms with E-state index in [9.17, 15) is 25.5 Å². The van der Waals surface area contributed by atoms with Crippen LogP contribution in [0.5, 0.6) is 0 Å². The molecule has 1 aliphatic heterocycles. The van der Waals surface area contributed by atoms with Crippen LogP contribution in [0.1, 0.15) is 26.2 Å². The van der Waals surface area contributed by atoms with Crippen LogP contribution >= 0.6 is 0 Å². The van der Waals surface area contributed by atoms with Crippen LogP contribution in [-0.2, 0) is 4.74 Å². The largest absolute Gasteiger partial charge is 0.390 e. The Morgan fingerprint density at radius 1 is 1.06 bits per heavy atom. The molecule has 0 bridgehead atoms. The van der Waals surface area contributed by atoms with Gasteiger partial charge in [0, 0.05) is 0 Å². The van der Waals surface area contributed by atoms with Crippen LogP contribution in [0.3, 0.4) is 0 Å². The molecule has 1 aliphatic rings. The second kappa shape index (κ2) is 5.90. The van der Waals surface area contributed by atoms with Crippen LogP contribution in [0.2, 0.25) is 0 Å². The lowest BCUT2D eigenvalue weighted by molar-refractivity contribution is -0.297. The van der Waals surface area contributed by atoms with Crippen molar-refractivity contribution in [2.75, 3.05) is 0 Å². The molecule has 0 aromatic rings. The summed E-state index contributed by atoms with van der Waals surface area (Å²) in [6, 6.07) is 0. The van der Waals surface area contributed by atoms with Crippen molar-refractivity contribution in [2.45, 2.75) is 63.0 Å². The van der Waals surface area contributed by atoms with Gasteiger partial charge in [-0.25, -0.2) is 0 Å². The second-order valence-electron chi connectivity index (χ2n) is 4.17. The van der Waals surface area contributed by atoms with Gasteiger partial charge in [0.2, 0.25) is 0 Å². The molecule has 0 aromatic heterocycles. The fourth-order valence-corrected chi connectivity index (χ4v) is 1.78. The van der Waals surface area contributed by atoms with Crippen molar-refractivity contribution in [3.8, 4) is 0 Å². The molecule has 6 nitrogen and oxygen atoms in total. The molecule has 6 heteroatoms. The molecule has 0 aromatic carbocycles. The molecule has 16 heavy (non-hydrogen) atoms. The maximum atomic E-state index is 9.71. The molecule has 1 saturated heterocycles. The zero-order valence-electron chi connectivity index (χ0n) is 9.23. The normalized spacial score (nSPS) is 42.0. The van der Waals surface area contributed by atoms with Gasteiger partial charge in [-0.2, -0.15) is 0 Å². The number of unbranched alkanes of at least 4 members (excludes halogenated alkanes) is 1. The summed E-state index contributed by atoms with van der Waals surface area (Å²) < 4.78 is 4.89. The van der Waals surface area contributed by atoms with Gasteiger partial charge < -0.3 is 30.3 Å². The van der Waals surface area contributed by atoms with E-state index < -0.39 is 36.8 Å². The summed E-state index contributed by atoms with van der Waals surface area (Å²) in [5, 5.41) is 47.2. The summed E-state index contributed by atoms with van der Waals surface area (Å²) in [6.07, 6.45) is -6.03. The van der Waals surface area contributed by atoms with Gasteiger partial charge in [-0.15, -0.1) is 0 Å². The van der Waals surface area contributed by atoms with E-state index in [1.165, 1.54) is 0 Å². The van der Waals surface area contributed by atoms with E-state index in [4.69, 9.17) is 4.74 Å². The van der Waals surface area contributed by atoms with Crippen LogP contribution < -0.4 is 0 Å². The first-order valence-corrected chi connectivity index (χ1v) is 5.54. The van der Waals surface area contributed by atoms with Gasteiger partial charge >= 0.3 is 0 Å². The lowest BCUT2D eigenvalue weighted by atomic mass is 9.93. The van der Waals surface area contributed by atoms with Crippen molar-refractivity contribution in [3.63, 3.8) is 0 Å². The van der Waals surface area contributed by atoms with E-state index in [2.05, 4.69) is 0 Å². The molecule has 0 amide bonds. The molecule has 5 N–H and O–H groups in total. The predicted octanol–water partition coefficient (Wildman–Crippen LogP) is -1.66. The number of aliphatic hydroxyl groups is 5. The number of aliphatic hydroxyl groups excluding tert-OH is 5. The Kier molecular flexibility index (Phi) is 5.10. The van der Waals surface area contributed by atoms with Crippen molar-refractivity contribution in [1.82, 2.24) is 0 Å². The van der Waals surface area contributed by atoms with Crippen LogP contribution in [0.25, 0.3) is 0 Å². The number of hydrogen-bond acceptors (Lipinski definition) is 6. The second-order valence-corrected chi connectivity index (χ2v) is 4.17. The average Bonchev–Trinajstić information content (AvgIpc) is 2.28. The molecule has 0 radical (unpaired) electrons. The van der Waals surface area contributed by atoms with E-state index in [0.717, 1.165) is 12.8 Å². The maximum Gasteiger partial charge on any atom is 0.184 e. The number of ether oxygens (including phenoxy) is 1. The van der Waals surface area contributed by atoms with Crippen LogP contribution in [-0.4, -0.2) is 62.3 Å². The summed E-state index contributed by atoms with van der Waals surface area (Å²) in [4.78, 5) is 0. The topological polar surface area (TPSA) is 110 Å². The Morgan fingerprint density at radius 2 is 1.69 bits per heavy atom. The lowest BCUT2D eigenvalue weighted by Crippen LogP contribution is -2.60. The van der Waals surface area contributed by atoms with Crippen LogP contribution in [0, 0.1) is 0 Å². The molecular formula is C10H20O6. The quantitative estimate of drug-likeness (QED) is 0.399. The van der Waals surface area contributed by atoms with Gasteiger partial charge in [0.1, 0.15) is 24.4 Å². The van der Waals surface area contributed by atoms with Crippen molar-refractivity contribution in [2.24, 2.45) is 0 Å². The molecule has 0 saturated carbocycles. The molecule has 6 atom stereocenters. The molecule has 1 rings (SSSR count). The van der Waals surface area contributed by atoms with E-state index >= 15 is 0 Å². The minimum absolute atomic E-state index is 0.410. The Balaban J connectivity index is 2.59. The average molecular weight is 236 g/mol. The van der Waals surface area contributed by atoms with Gasteiger partial charge in [0.25, 0.3) is 0 Å². The zero-order valence-corrected chi connectivity index (χ0v) is 9.23. The van der Waals surface area contributed by atoms with Gasteiger partial charge in [-0.3, -0.25) is 0 Å². The fourth-order valence-electron chi connectivity index (χ4n) is 1.78. The lowest BCUT2D eigenvalue weighted by Gasteiger charge is -2.40. The molecule has 96 valence electrons.